The SMILES string of the molecule is Cc1ccc(Oc2ccc(C#N)c(F)c2)c(N)c1. The van der Waals surface area contributed by atoms with E-state index < -0.39 is 5.82 Å². The molecule has 3 nitrogen and oxygen atoms in total. The Morgan fingerprint density at radius 1 is 1.22 bits per heavy atom. The van der Waals surface area contributed by atoms with Gasteiger partial charge in [0.05, 0.1) is 11.3 Å². The summed E-state index contributed by atoms with van der Waals surface area (Å²) in [6.07, 6.45) is 0. The zero-order valence-corrected chi connectivity index (χ0v) is 9.77. The fraction of sp³-hybridized carbons (Fsp3) is 0.0714. The summed E-state index contributed by atoms with van der Waals surface area (Å²) in [4.78, 5) is 0. The van der Waals surface area contributed by atoms with E-state index in [1.54, 1.807) is 18.2 Å². The molecule has 0 amide bonds. The largest absolute Gasteiger partial charge is 0.455 e. The van der Waals surface area contributed by atoms with Gasteiger partial charge in [-0.3, -0.25) is 0 Å². The predicted octanol–water partition coefficient (Wildman–Crippen LogP) is 3.38. The molecule has 0 aliphatic heterocycles. The van der Waals surface area contributed by atoms with E-state index >= 15 is 0 Å². The van der Waals surface area contributed by atoms with Crippen LogP contribution in [0.4, 0.5) is 10.1 Å². The topological polar surface area (TPSA) is 59.0 Å². The Hall–Kier alpha value is -2.54. The number of nitrogens with two attached hydrogens (primary N) is 1. The molecule has 0 saturated carbocycles. The summed E-state index contributed by atoms with van der Waals surface area (Å²) >= 11 is 0. The number of hydrogen-bond donors (Lipinski definition) is 1. The third-order valence-corrected chi connectivity index (χ3v) is 2.45. The monoisotopic (exact) mass is 242 g/mol. The van der Waals surface area contributed by atoms with Crippen molar-refractivity contribution in [3.8, 4) is 17.6 Å². The lowest BCUT2D eigenvalue weighted by Gasteiger charge is -2.09. The Morgan fingerprint density at radius 2 is 2.00 bits per heavy atom. The number of nitrogens with zero attached hydrogens (tertiary/aromatic N) is 1. The maximum absolute atomic E-state index is 13.4. The summed E-state index contributed by atoms with van der Waals surface area (Å²) in [5, 5.41) is 8.62. The average molecular weight is 242 g/mol. The van der Waals surface area contributed by atoms with Crippen LogP contribution in [0.1, 0.15) is 11.1 Å². The lowest BCUT2D eigenvalue weighted by atomic mass is 10.2. The summed E-state index contributed by atoms with van der Waals surface area (Å²) in [7, 11) is 0. The summed E-state index contributed by atoms with van der Waals surface area (Å²) in [6.45, 7) is 1.92. The van der Waals surface area contributed by atoms with Crippen LogP contribution in [0, 0.1) is 24.1 Å². The van der Waals surface area contributed by atoms with Crippen LogP contribution in [-0.4, -0.2) is 0 Å². The standard InChI is InChI=1S/C14H11FN2O/c1-9-2-5-14(13(17)6-9)18-11-4-3-10(8-16)12(15)7-11/h2-7H,17H2,1H3. The Balaban J connectivity index is 2.29. The number of hydrogen-bond acceptors (Lipinski definition) is 3. The van der Waals surface area contributed by atoms with Gasteiger partial charge in [0.2, 0.25) is 0 Å². The molecule has 2 N–H and O–H groups in total. The molecule has 0 spiro atoms. The Morgan fingerprint density at radius 3 is 2.61 bits per heavy atom. The second-order valence-corrected chi connectivity index (χ2v) is 3.90. The zero-order chi connectivity index (χ0) is 13.1. The van der Waals surface area contributed by atoms with Gasteiger partial charge in [0.25, 0.3) is 0 Å². The molecular weight excluding hydrogens is 231 g/mol. The van der Waals surface area contributed by atoms with Gasteiger partial charge < -0.3 is 10.5 Å². The number of rotatable bonds is 2. The van der Waals surface area contributed by atoms with Gasteiger partial charge in [0.1, 0.15) is 23.4 Å². The zero-order valence-electron chi connectivity index (χ0n) is 9.77. The summed E-state index contributed by atoms with van der Waals surface area (Å²) in [5.74, 6) is 0.160. The van der Waals surface area contributed by atoms with Crippen molar-refractivity contribution >= 4 is 5.69 Å². The number of nitrogen functional groups attached to an aromatic ring is 1. The maximum atomic E-state index is 13.4. The highest BCUT2D eigenvalue weighted by Gasteiger charge is 2.06. The van der Waals surface area contributed by atoms with Crippen molar-refractivity contribution in [2.24, 2.45) is 0 Å². The molecule has 0 heterocycles. The molecule has 0 saturated heterocycles. The van der Waals surface area contributed by atoms with Gasteiger partial charge in [-0.1, -0.05) is 6.07 Å². The van der Waals surface area contributed by atoms with Crippen LogP contribution in [-0.2, 0) is 0 Å². The molecular formula is C14H11FN2O. The molecule has 18 heavy (non-hydrogen) atoms. The maximum Gasteiger partial charge on any atom is 0.150 e. The second kappa shape index (κ2) is 4.76. The number of ether oxygens (including phenoxy) is 1. The van der Waals surface area contributed by atoms with Gasteiger partial charge >= 0.3 is 0 Å². The molecule has 0 fully saturated rings. The first-order chi connectivity index (χ1) is 8.60. The molecule has 0 bridgehead atoms. The molecule has 2 aromatic carbocycles. The van der Waals surface area contributed by atoms with Crippen molar-refractivity contribution in [2.75, 3.05) is 5.73 Å². The fourth-order valence-corrected chi connectivity index (χ4v) is 1.54. The van der Waals surface area contributed by atoms with Gasteiger partial charge in [-0.05, 0) is 36.8 Å². The lowest BCUT2D eigenvalue weighted by Crippen LogP contribution is -1.93. The van der Waals surface area contributed by atoms with E-state index in [9.17, 15) is 4.39 Å². The molecule has 0 radical (unpaired) electrons. The minimum Gasteiger partial charge on any atom is -0.455 e. The smallest absolute Gasteiger partial charge is 0.150 e. The molecule has 2 aromatic rings. The van der Waals surface area contributed by atoms with Crippen LogP contribution in [0.2, 0.25) is 0 Å². The van der Waals surface area contributed by atoms with Gasteiger partial charge in [-0.15, -0.1) is 0 Å². The number of anilines is 1. The van der Waals surface area contributed by atoms with Crippen LogP contribution in [0.3, 0.4) is 0 Å². The quantitative estimate of drug-likeness (QED) is 0.821. The lowest BCUT2D eigenvalue weighted by molar-refractivity contribution is 0.478. The number of benzene rings is 2. The van der Waals surface area contributed by atoms with E-state index in [-0.39, 0.29) is 5.56 Å². The van der Waals surface area contributed by atoms with Crippen molar-refractivity contribution in [2.45, 2.75) is 6.92 Å². The molecule has 0 aliphatic carbocycles. The number of aryl methyl sites for hydroxylation is 1. The normalized spacial score (nSPS) is 9.83. The van der Waals surface area contributed by atoms with Crippen LogP contribution in [0.25, 0.3) is 0 Å². The fourth-order valence-electron chi connectivity index (χ4n) is 1.54. The van der Waals surface area contributed by atoms with Crippen molar-refractivity contribution in [1.82, 2.24) is 0 Å². The van der Waals surface area contributed by atoms with Crippen molar-refractivity contribution in [3.63, 3.8) is 0 Å². The number of nitriles is 1. The third kappa shape index (κ3) is 2.41. The van der Waals surface area contributed by atoms with Crippen LogP contribution in [0.5, 0.6) is 11.5 Å². The summed E-state index contributed by atoms with van der Waals surface area (Å²) in [5.41, 5.74) is 7.28. The highest BCUT2D eigenvalue weighted by Crippen LogP contribution is 2.28. The minimum atomic E-state index is -0.610. The molecule has 2 rings (SSSR count). The van der Waals surface area contributed by atoms with E-state index in [2.05, 4.69) is 0 Å². The summed E-state index contributed by atoms with van der Waals surface area (Å²) in [6, 6.07) is 11.2. The Kier molecular flexibility index (Phi) is 3.16. The van der Waals surface area contributed by atoms with E-state index in [1.807, 2.05) is 13.0 Å². The van der Waals surface area contributed by atoms with E-state index in [0.717, 1.165) is 11.6 Å². The van der Waals surface area contributed by atoms with Gasteiger partial charge in [0.15, 0.2) is 0 Å². The first-order valence-electron chi connectivity index (χ1n) is 5.34. The van der Waals surface area contributed by atoms with Crippen molar-refractivity contribution < 1.29 is 9.13 Å². The molecule has 0 aromatic heterocycles. The highest BCUT2D eigenvalue weighted by atomic mass is 19.1. The Bertz CT molecular complexity index is 632. The third-order valence-electron chi connectivity index (χ3n) is 2.45. The van der Waals surface area contributed by atoms with Crippen LogP contribution in [0.15, 0.2) is 36.4 Å². The second-order valence-electron chi connectivity index (χ2n) is 3.90. The van der Waals surface area contributed by atoms with Crippen LogP contribution < -0.4 is 10.5 Å². The first-order valence-corrected chi connectivity index (χ1v) is 5.34. The van der Waals surface area contributed by atoms with Crippen molar-refractivity contribution in [3.05, 3.63) is 53.3 Å². The van der Waals surface area contributed by atoms with Crippen molar-refractivity contribution in [1.29, 1.82) is 5.26 Å². The Labute approximate surface area is 104 Å². The van der Waals surface area contributed by atoms with Gasteiger partial charge in [-0.25, -0.2) is 4.39 Å². The molecule has 0 unspecified atom stereocenters. The first kappa shape index (κ1) is 11.9. The summed E-state index contributed by atoms with van der Waals surface area (Å²) < 4.78 is 18.9. The van der Waals surface area contributed by atoms with E-state index in [4.69, 9.17) is 15.7 Å². The molecule has 0 atom stereocenters. The van der Waals surface area contributed by atoms with Gasteiger partial charge in [0, 0.05) is 6.07 Å². The minimum absolute atomic E-state index is 0.0146. The highest BCUT2D eigenvalue weighted by molar-refractivity contribution is 5.55. The molecule has 0 aliphatic rings. The molecule has 4 heteroatoms. The van der Waals surface area contributed by atoms with Gasteiger partial charge in [-0.2, -0.15) is 5.26 Å². The van der Waals surface area contributed by atoms with Crippen LogP contribution >= 0.6 is 0 Å². The predicted molar refractivity (Wildman–Crippen MR) is 66.8 cm³/mol. The van der Waals surface area contributed by atoms with E-state index in [0.29, 0.717) is 17.2 Å². The molecule has 90 valence electrons. The average Bonchev–Trinajstić information content (AvgIpc) is 2.33. The van der Waals surface area contributed by atoms with E-state index in [1.165, 1.54) is 12.1 Å². The number of halogens is 1.